The van der Waals surface area contributed by atoms with Gasteiger partial charge in [-0.15, -0.1) is 0 Å². The number of phenolic OH excluding ortho intramolecular Hbond substituents is 1. The van der Waals surface area contributed by atoms with Gasteiger partial charge in [-0.1, -0.05) is 48.0 Å². The summed E-state index contributed by atoms with van der Waals surface area (Å²) >= 11 is 6.77. The predicted octanol–water partition coefficient (Wildman–Crippen LogP) is 5.87. The summed E-state index contributed by atoms with van der Waals surface area (Å²) in [7, 11) is 0. The van der Waals surface area contributed by atoms with Crippen LogP contribution in [0.3, 0.4) is 0 Å². The number of halogens is 2. The van der Waals surface area contributed by atoms with E-state index in [1.54, 1.807) is 30.6 Å². The van der Waals surface area contributed by atoms with Gasteiger partial charge in [0, 0.05) is 25.7 Å². The van der Waals surface area contributed by atoms with Crippen molar-refractivity contribution in [3.8, 4) is 22.8 Å². The van der Waals surface area contributed by atoms with Crippen molar-refractivity contribution in [1.29, 1.82) is 0 Å². The first-order valence-electron chi connectivity index (χ1n) is 13.4. The topological polar surface area (TPSA) is 104 Å². The average molecular weight is 583 g/mol. The van der Waals surface area contributed by atoms with E-state index in [-0.39, 0.29) is 77.4 Å². The van der Waals surface area contributed by atoms with Crippen LogP contribution in [-0.2, 0) is 4.74 Å². The third kappa shape index (κ3) is 5.74. The van der Waals surface area contributed by atoms with Crippen molar-refractivity contribution >= 4 is 29.4 Å². The number of pyridine rings is 1. The molecule has 0 aliphatic carbocycles. The molecule has 0 spiro atoms. The van der Waals surface area contributed by atoms with Crippen LogP contribution in [0.15, 0.2) is 48.5 Å². The quantitative estimate of drug-likeness (QED) is 0.396. The molecule has 9 nitrogen and oxygen atoms in total. The molecule has 1 saturated heterocycles. The lowest BCUT2D eigenvalue weighted by Gasteiger charge is -2.40. The van der Waals surface area contributed by atoms with Gasteiger partial charge in [0.15, 0.2) is 5.75 Å². The Labute approximate surface area is 242 Å². The van der Waals surface area contributed by atoms with Crippen molar-refractivity contribution in [2.45, 2.75) is 45.4 Å². The van der Waals surface area contributed by atoms with Crippen molar-refractivity contribution in [2.24, 2.45) is 0 Å². The van der Waals surface area contributed by atoms with Crippen LogP contribution in [0.4, 0.5) is 15.0 Å². The first-order valence-corrected chi connectivity index (χ1v) is 13.8. The van der Waals surface area contributed by atoms with Gasteiger partial charge in [0.05, 0.1) is 11.6 Å². The highest BCUT2D eigenvalue weighted by molar-refractivity contribution is 6.35. The number of hydrogen-bond donors (Lipinski definition) is 2. The Bertz CT molecular complexity index is 1460. The van der Waals surface area contributed by atoms with Gasteiger partial charge < -0.3 is 29.7 Å². The van der Waals surface area contributed by atoms with Gasteiger partial charge in [-0.3, -0.25) is 4.79 Å². The van der Waals surface area contributed by atoms with Gasteiger partial charge in [0.25, 0.3) is 5.91 Å². The summed E-state index contributed by atoms with van der Waals surface area (Å²) in [5.74, 6) is -1.30. The van der Waals surface area contributed by atoms with Gasteiger partial charge >= 0.3 is 6.09 Å². The Balaban J connectivity index is 1.57. The number of rotatable bonds is 4. The number of nitrogens with zero attached hydrogens (tertiary/aromatic N) is 3. The molecule has 2 aromatic carbocycles. The summed E-state index contributed by atoms with van der Waals surface area (Å²) in [6, 6.07) is 12.7. The minimum Gasteiger partial charge on any atom is -0.507 e. The van der Waals surface area contributed by atoms with Crippen LogP contribution >= 0.6 is 11.6 Å². The molecule has 0 unspecified atom stereocenters. The largest absolute Gasteiger partial charge is 0.507 e. The molecule has 0 saturated carbocycles. The van der Waals surface area contributed by atoms with E-state index >= 15 is 0 Å². The molecular formula is C30H32ClFN4O5. The van der Waals surface area contributed by atoms with E-state index in [2.05, 4.69) is 10.3 Å². The smallest absolute Gasteiger partial charge is 0.410 e. The van der Waals surface area contributed by atoms with Gasteiger partial charge in [-0.05, 0) is 45.4 Å². The molecule has 2 atom stereocenters. The Kier molecular flexibility index (Phi) is 7.70. The highest BCUT2D eigenvalue weighted by atomic mass is 35.5. The minimum atomic E-state index is -0.730. The van der Waals surface area contributed by atoms with Gasteiger partial charge in [-0.2, -0.15) is 0 Å². The fourth-order valence-corrected chi connectivity index (χ4v) is 5.29. The van der Waals surface area contributed by atoms with E-state index in [0.29, 0.717) is 0 Å². The van der Waals surface area contributed by atoms with Crippen LogP contribution < -0.4 is 10.1 Å². The average Bonchev–Trinajstić information content (AvgIpc) is 3.07. The second-order valence-corrected chi connectivity index (χ2v) is 11.5. The zero-order valence-corrected chi connectivity index (χ0v) is 24.0. The molecule has 1 fully saturated rings. The molecule has 1 aromatic heterocycles. The number of carbonyl (C=O) groups excluding carboxylic acids is 2. The van der Waals surface area contributed by atoms with Gasteiger partial charge in [-0.25, -0.2) is 14.2 Å². The number of phenols is 1. The Morgan fingerprint density at radius 1 is 1.17 bits per heavy atom. The van der Waals surface area contributed by atoms with Crippen molar-refractivity contribution < 1.29 is 28.6 Å². The normalized spacial score (nSPS) is 17.6. The molecule has 2 aliphatic rings. The fourth-order valence-electron chi connectivity index (χ4n) is 5.00. The summed E-state index contributed by atoms with van der Waals surface area (Å²) < 4.78 is 26.7. The van der Waals surface area contributed by atoms with E-state index < -0.39 is 23.6 Å². The molecule has 41 heavy (non-hydrogen) atoms. The number of benzene rings is 2. The van der Waals surface area contributed by atoms with Crippen LogP contribution in [0.25, 0.3) is 11.3 Å². The number of fused-ring (bicyclic) bond motifs is 2. The predicted molar refractivity (Wildman–Crippen MR) is 153 cm³/mol. The number of anilines is 1. The van der Waals surface area contributed by atoms with Gasteiger partial charge in [0.2, 0.25) is 0 Å². The maximum atomic E-state index is 15.0. The molecule has 2 aliphatic heterocycles. The van der Waals surface area contributed by atoms with Crippen LogP contribution in [0.1, 0.15) is 49.7 Å². The number of nitrogens with one attached hydrogen (secondary N) is 1. The molecule has 11 heteroatoms. The number of piperazine rings is 1. The number of aromatic nitrogens is 1. The monoisotopic (exact) mass is 582 g/mol. The summed E-state index contributed by atoms with van der Waals surface area (Å²) in [4.78, 5) is 34.7. The first-order chi connectivity index (χ1) is 19.4. The van der Waals surface area contributed by atoms with E-state index in [9.17, 15) is 19.1 Å². The molecule has 0 bridgehead atoms. The van der Waals surface area contributed by atoms with Gasteiger partial charge in [0.1, 0.15) is 45.9 Å². The van der Waals surface area contributed by atoms with Crippen molar-refractivity contribution in [2.75, 3.05) is 31.6 Å². The second-order valence-electron chi connectivity index (χ2n) is 11.1. The van der Waals surface area contributed by atoms with Crippen molar-refractivity contribution in [1.82, 2.24) is 14.8 Å². The number of amides is 2. The second kappa shape index (κ2) is 11.1. The lowest BCUT2D eigenvalue weighted by molar-refractivity contribution is 0.000957. The SMILES string of the molecule is C[C@@H](Nc1nc(-c2c(O)cccc2F)c(Cl)c2c1C(=O)N1CCN(C(=O)OC(C)(C)C)C[C@@H]1CO2)c1ccccc1. The third-order valence-electron chi connectivity index (χ3n) is 7.01. The standard InChI is InChI=1S/C30H32ClFN4O5/c1-17(18-9-6-5-7-10-18)33-27-23-26(24(31)25(34-27)22-20(32)11-8-12-21(22)37)40-16-19-15-35(13-14-36(19)28(23)38)29(39)41-30(2,3)4/h5-12,17,19,37H,13-16H2,1-4H3,(H,33,34)/t17-,19-/m1/s1. The Morgan fingerprint density at radius 3 is 2.59 bits per heavy atom. The molecule has 5 rings (SSSR count). The van der Waals surface area contributed by atoms with E-state index in [0.717, 1.165) is 5.56 Å². The zero-order chi connectivity index (χ0) is 29.5. The van der Waals surface area contributed by atoms with Crippen LogP contribution in [0.2, 0.25) is 5.02 Å². The minimum absolute atomic E-state index is 0.0259. The first kappa shape index (κ1) is 28.5. The summed E-state index contributed by atoms with van der Waals surface area (Å²) in [6.07, 6.45) is -0.470. The lowest BCUT2D eigenvalue weighted by atomic mass is 10.0. The van der Waals surface area contributed by atoms with Crippen molar-refractivity contribution in [3.05, 3.63) is 70.5 Å². The summed E-state index contributed by atoms with van der Waals surface area (Å²) in [5, 5.41) is 13.7. The molecular weight excluding hydrogens is 551 g/mol. The number of aromatic hydroxyl groups is 1. The Morgan fingerprint density at radius 2 is 1.90 bits per heavy atom. The van der Waals surface area contributed by atoms with Crippen LogP contribution in [0.5, 0.6) is 11.5 Å². The molecule has 3 heterocycles. The number of hydrogen-bond acceptors (Lipinski definition) is 7. The van der Waals surface area contributed by atoms with E-state index in [4.69, 9.17) is 21.1 Å². The molecule has 2 amide bonds. The molecule has 0 radical (unpaired) electrons. The molecule has 3 aromatic rings. The summed E-state index contributed by atoms with van der Waals surface area (Å²) in [5.41, 5.74) is 0.103. The maximum Gasteiger partial charge on any atom is 0.410 e. The maximum absolute atomic E-state index is 15.0. The van der Waals surface area contributed by atoms with Crippen molar-refractivity contribution in [3.63, 3.8) is 0 Å². The third-order valence-corrected chi connectivity index (χ3v) is 7.36. The van der Waals surface area contributed by atoms with Crippen LogP contribution in [-0.4, -0.2) is 69.8 Å². The highest BCUT2D eigenvalue weighted by Gasteiger charge is 2.41. The lowest BCUT2D eigenvalue weighted by Crippen LogP contribution is -2.58. The highest BCUT2D eigenvalue weighted by Crippen LogP contribution is 2.45. The van der Waals surface area contributed by atoms with E-state index in [1.165, 1.54) is 18.2 Å². The number of carbonyl (C=O) groups is 2. The number of ether oxygens (including phenoxy) is 2. The molecule has 216 valence electrons. The fraction of sp³-hybridized carbons (Fsp3) is 0.367. The molecule has 2 N–H and O–H groups in total. The van der Waals surface area contributed by atoms with E-state index in [1.807, 2.05) is 37.3 Å². The van der Waals surface area contributed by atoms with Crippen LogP contribution in [0, 0.1) is 5.82 Å². The summed E-state index contributed by atoms with van der Waals surface area (Å²) in [6.45, 7) is 8.03. The zero-order valence-electron chi connectivity index (χ0n) is 23.3. The Hall–Kier alpha value is -4.05.